The van der Waals surface area contributed by atoms with Crippen LogP contribution in [0.4, 0.5) is 0 Å². The summed E-state index contributed by atoms with van der Waals surface area (Å²) >= 11 is 0. The summed E-state index contributed by atoms with van der Waals surface area (Å²) < 4.78 is 13.8. The van der Waals surface area contributed by atoms with Crippen molar-refractivity contribution >= 4 is 5.78 Å². The maximum atomic E-state index is 13.0. The van der Waals surface area contributed by atoms with E-state index in [0.717, 1.165) is 42.4 Å². The predicted octanol–water partition coefficient (Wildman–Crippen LogP) is 2.49. The van der Waals surface area contributed by atoms with Gasteiger partial charge in [0.25, 0.3) is 0 Å². The summed E-state index contributed by atoms with van der Waals surface area (Å²) in [7, 11) is 2.30. The van der Waals surface area contributed by atoms with Crippen LogP contribution >= 0.6 is 0 Å². The summed E-state index contributed by atoms with van der Waals surface area (Å²) in [6.45, 7) is 8.49. The third-order valence-corrected chi connectivity index (χ3v) is 7.81. The van der Waals surface area contributed by atoms with Gasteiger partial charge in [0.05, 0.1) is 25.6 Å². The topological polar surface area (TPSA) is 55.8 Å². The fourth-order valence-electron chi connectivity index (χ4n) is 6.86. The average Bonchev–Trinajstić information content (AvgIpc) is 3.00. The lowest BCUT2D eigenvalue weighted by Gasteiger charge is -2.65. The summed E-state index contributed by atoms with van der Waals surface area (Å²) in [4.78, 5) is 13.0. The van der Waals surface area contributed by atoms with Crippen LogP contribution in [-0.4, -0.2) is 59.9 Å². The van der Waals surface area contributed by atoms with Crippen molar-refractivity contribution in [1.29, 1.82) is 0 Å². The third-order valence-electron chi connectivity index (χ3n) is 7.81. The van der Waals surface area contributed by atoms with Crippen molar-refractivity contribution in [2.75, 3.05) is 26.7 Å². The smallest absolute Gasteiger partial charge is 0.174 e. The van der Waals surface area contributed by atoms with Crippen molar-refractivity contribution in [2.45, 2.75) is 55.8 Å². The number of quaternary nitrogens is 1. The molecule has 1 aromatic carbocycles. The number of piperidine rings is 1. The summed E-state index contributed by atoms with van der Waals surface area (Å²) in [6, 6.07) is 3.98. The van der Waals surface area contributed by atoms with Crippen LogP contribution < -0.4 is 4.74 Å². The molecule has 5 atom stereocenters. The molecule has 2 unspecified atom stereocenters. The second kappa shape index (κ2) is 5.36. The molecule has 5 rings (SSSR count). The van der Waals surface area contributed by atoms with Gasteiger partial charge in [-0.2, -0.15) is 0 Å². The number of carbonyl (C=O) groups is 1. The Bertz CT molecular complexity index is 851. The Morgan fingerprint density at radius 3 is 3.00 bits per heavy atom. The Morgan fingerprint density at radius 1 is 1.44 bits per heavy atom. The van der Waals surface area contributed by atoms with Gasteiger partial charge in [0, 0.05) is 31.4 Å². The van der Waals surface area contributed by atoms with E-state index in [9.17, 15) is 9.90 Å². The first-order valence-corrected chi connectivity index (χ1v) is 10.1. The fourth-order valence-corrected chi connectivity index (χ4v) is 6.86. The lowest BCUT2D eigenvalue weighted by molar-refractivity contribution is -0.944. The molecular weight excluding hydrogens is 342 g/mol. The summed E-state index contributed by atoms with van der Waals surface area (Å²) in [5.74, 6) is 0.811. The zero-order chi connectivity index (χ0) is 19.0. The number of phenolic OH excluding ortho intramolecular Hbond substituents is 1. The highest BCUT2D eigenvalue weighted by atomic mass is 16.5. The van der Waals surface area contributed by atoms with Crippen molar-refractivity contribution < 1.29 is 23.9 Å². The number of carbonyl (C=O) groups excluding carboxylic acids is 1. The molecule has 1 saturated heterocycles. The van der Waals surface area contributed by atoms with E-state index in [1.165, 1.54) is 5.56 Å². The Morgan fingerprint density at radius 2 is 2.26 bits per heavy atom. The molecule has 4 aliphatic rings. The predicted molar refractivity (Wildman–Crippen MR) is 101 cm³/mol. The molecule has 1 N–H and O–H groups in total. The zero-order valence-corrected chi connectivity index (χ0v) is 16.2. The molecule has 0 aromatic heterocycles. The van der Waals surface area contributed by atoms with Gasteiger partial charge in [-0.15, -0.1) is 0 Å². The number of rotatable bonds is 4. The van der Waals surface area contributed by atoms with Gasteiger partial charge in [0.15, 0.2) is 23.4 Å². The minimum atomic E-state index is -0.542. The molecule has 0 radical (unpaired) electrons. The van der Waals surface area contributed by atoms with E-state index in [0.29, 0.717) is 18.8 Å². The van der Waals surface area contributed by atoms with Crippen LogP contribution in [0.3, 0.4) is 0 Å². The molecule has 2 fully saturated rings. The highest BCUT2D eigenvalue weighted by Crippen LogP contribution is 2.66. The molecule has 1 saturated carbocycles. The maximum absolute atomic E-state index is 13.0. The number of benzene rings is 1. The number of ether oxygens (including phenoxy) is 2. The maximum Gasteiger partial charge on any atom is 0.174 e. The molecule has 5 heteroatoms. The van der Waals surface area contributed by atoms with Crippen LogP contribution in [0, 0.1) is 0 Å². The van der Waals surface area contributed by atoms with E-state index in [1.54, 1.807) is 6.07 Å². The van der Waals surface area contributed by atoms with Crippen molar-refractivity contribution in [1.82, 2.24) is 0 Å². The van der Waals surface area contributed by atoms with Crippen molar-refractivity contribution in [3.05, 3.63) is 35.9 Å². The number of ketones is 1. The van der Waals surface area contributed by atoms with E-state index < -0.39 is 17.1 Å². The first-order chi connectivity index (χ1) is 12.9. The van der Waals surface area contributed by atoms with Gasteiger partial charge < -0.3 is 19.1 Å². The zero-order valence-electron chi connectivity index (χ0n) is 16.2. The lowest BCUT2D eigenvalue weighted by atomic mass is 9.48. The summed E-state index contributed by atoms with van der Waals surface area (Å²) in [5, 5.41) is 10.5. The quantitative estimate of drug-likeness (QED) is 0.654. The highest BCUT2D eigenvalue weighted by Gasteiger charge is 2.77. The number of phenols is 1. The molecular formula is C22H28NO4+. The van der Waals surface area contributed by atoms with E-state index in [4.69, 9.17) is 9.47 Å². The van der Waals surface area contributed by atoms with Crippen LogP contribution in [-0.2, 0) is 21.4 Å². The van der Waals surface area contributed by atoms with E-state index in [-0.39, 0.29) is 17.6 Å². The molecule has 2 heterocycles. The van der Waals surface area contributed by atoms with Crippen molar-refractivity contribution in [3.63, 3.8) is 0 Å². The van der Waals surface area contributed by atoms with Gasteiger partial charge >= 0.3 is 0 Å². The number of Topliss-reactive ketones (excluding diaryl/α,β-unsaturated/α-hetero) is 1. The highest BCUT2D eigenvalue weighted by molar-refractivity contribution is 5.90. The second-order valence-electron chi connectivity index (χ2n) is 8.85. The van der Waals surface area contributed by atoms with Gasteiger partial charge in [-0.05, 0) is 31.1 Å². The van der Waals surface area contributed by atoms with Crippen molar-refractivity contribution in [2.24, 2.45) is 0 Å². The first kappa shape index (κ1) is 17.3. The van der Waals surface area contributed by atoms with Crippen LogP contribution in [0.1, 0.15) is 37.3 Å². The number of nitrogens with zero attached hydrogens (tertiary/aromatic N) is 1. The van der Waals surface area contributed by atoms with Crippen LogP contribution in [0.5, 0.6) is 11.5 Å². The van der Waals surface area contributed by atoms with Gasteiger partial charge in [-0.1, -0.05) is 12.6 Å². The SMILES string of the molecule is C=CC[N@@+]1(C)CC[C@]23c4c5ccc(O)c4OC2C(=O)CC[C@@]3(OCC)C1C5. The van der Waals surface area contributed by atoms with Gasteiger partial charge in [0.2, 0.25) is 0 Å². The second-order valence-corrected chi connectivity index (χ2v) is 8.85. The molecule has 2 aliphatic heterocycles. The normalized spacial score (nSPS) is 41.0. The largest absolute Gasteiger partial charge is 0.504 e. The number of likely N-dealkylation sites (N-methyl/N-ethyl adjacent to an activating group) is 1. The van der Waals surface area contributed by atoms with Crippen molar-refractivity contribution in [3.8, 4) is 11.5 Å². The van der Waals surface area contributed by atoms with Crippen LogP contribution in [0.25, 0.3) is 0 Å². The fraction of sp³-hybridized carbons (Fsp3) is 0.591. The van der Waals surface area contributed by atoms with Gasteiger partial charge in [0.1, 0.15) is 11.6 Å². The molecule has 144 valence electrons. The molecule has 1 spiro atoms. The number of hydrogen-bond donors (Lipinski definition) is 1. The van der Waals surface area contributed by atoms with E-state index in [1.807, 2.05) is 19.1 Å². The van der Waals surface area contributed by atoms with E-state index >= 15 is 0 Å². The molecule has 27 heavy (non-hydrogen) atoms. The molecule has 2 aliphatic carbocycles. The number of likely N-dealkylation sites (tertiary alicyclic amines) is 1. The monoisotopic (exact) mass is 370 g/mol. The van der Waals surface area contributed by atoms with Gasteiger partial charge in [-0.3, -0.25) is 4.79 Å². The Kier molecular flexibility index (Phi) is 3.43. The summed E-state index contributed by atoms with van der Waals surface area (Å²) in [5.41, 5.74) is 1.33. The minimum Gasteiger partial charge on any atom is -0.504 e. The van der Waals surface area contributed by atoms with Crippen LogP contribution in [0.2, 0.25) is 0 Å². The minimum absolute atomic E-state index is 0.142. The molecule has 2 bridgehead atoms. The Balaban J connectivity index is 1.83. The Labute approximate surface area is 160 Å². The van der Waals surface area contributed by atoms with Gasteiger partial charge in [-0.25, -0.2) is 0 Å². The Hall–Kier alpha value is -1.85. The lowest BCUT2D eigenvalue weighted by Crippen LogP contribution is -2.81. The molecule has 5 nitrogen and oxygen atoms in total. The third kappa shape index (κ3) is 1.80. The van der Waals surface area contributed by atoms with Crippen LogP contribution in [0.15, 0.2) is 24.8 Å². The number of aromatic hydroxyl groups is 1. The average molecular weight is 370 g/mol. The molecule has 1 aromatic rings. The van der Waals surface area contributed by atoms with E-state index in [2.05, 4.69) is 13.6 Å². The summed E-state index contributed by atoms with van der Waals surface area (Å²) in [6.07, 6.45) is 4.36. The standard InChI is InChI=1S/C22H27NO4/c1-4-11-23(3)12-10-21-18-14-6-7-15(24)19(18)27-20(21)16(25)8-9-22(21,26-5-2)17(23)13-14/h4,6-7,17,20H,1,5,8-13H2,2-3H3/p+1/t17?,20?,21-,22+,23-/m0/s1. The first-order valence-electron chi connectivity index (χ1n) is 10.1. The number of hydrogen-bond acceptors (Lipinski definition) is 4. The molecule has 0 amide bonds.